The second kappa shape index (κ2) is 9.91. The highest BCUT2D eigenvalue weighted by Gasteiger charge is 2.32. The van der Waals surface area contributed by atoms with Gasteiger partial charge in [-0.15, -0.1) is 0 Å². The van der Waals surface area contributed by atoms with E-state index in [1.807, 2.05) is 34.9 Å². The predicted molar refractivity (Wildman–Crippen MR) is 148 cm³/mol. The molecule has 0 fully saturated rings. The molecule has 1 aliphatic heterocycles. The molecule has 6 rings (SSSR count). The zero-order valence-electron chi connectivity index (χ0n) is 21.1. The molecule has 1 atom stereocenters. The van der Waals surface area contributed by atoms with Crippen LogP contribution in [0.5, 0.6) is 5.75 Å². The largest absolute Gasteiger partial charge is 0.481 e. The van der Waals surface area contributed by atoms with Crippen molar-refractivity contribution in [2.45, 2.75) is 25.8 Å². The maximum absolute atomic E-state index is 14.0. The van der Waals surface area contributed by atoms with Crippen LogP contribution in [0.1, 0.15) is 40.3 Å². The Labute approximate surface area is 223 Å². The number of aryl methyl sites for hydroxylation is 2. The zero-order chi connectivity index (χ0) is 26.2. The number of carbonyl (C=O) groups excluding carboxylic acids is 1. The van der Waals surface area contributed by atoms with Gasteiger partial charge in [-0.05, 0) is 48.6 Å². The molecule has 3 aromatic carbocycles. The van der Waals surface area contributed by atoms with E-state index < -0.39 is 5.97 Å². The van der Waals surface area contributed by atoms with Crippen molar-refractivity contribution in [3.05, 3.63) is 126 Å². The molecule has 2 aliphatic rings. The molecular weight excluding hydrogens is 496 g/mol. The Morgan fingerprint density at radius 1 is 1.05 bits per heavy atom. The smallest absolute Gasteiger partial charge is 0.343 e. The number of carbonyl (C=O) groups is 1. The SMILES string of the molecule is COC(=O)COc1ccccc1C=c1sc2n(c1=O)C(c1ccc(C)cc1)C1=C(N=2)c2ccccc2CC1. The molecule has 0 saturated carbocycles. The Hall–Kier alpha value is -4.23. The van der Waals surface area contributed by atoms with Gasteiger partial charge in [-0.3, -0.25) is 9.36 Å². The third-order valence-electron chi connectivity index (χ3n) is 7.04. The van der Waals surface area contributed by atoms with Crippen molar-refractivity contribution < 1.29 is 14.3 Å². The van der Waals surface area contributed by atoms with Crippen molar-refractivity contribution in [3.63, 3.8) is 0 Å². The van der Waals surface area contributed by atoms with Crippen molar-refractivity contribution in [1.82, 2.24) is 4.57 Å². The van der Waals surface area contributed by atoms with Crippen molar-refractivity contribution in [2.24, 2.45) is 4.99 Å². The summed E-state index contributed by atoms with van der Waals surface area (Å²) in [6, 6.07) is 23.9. The highest BCUT2D eigenvalue weighted by atomic mass is 32.1. The number of ether oxygens (including phenoxy) is 2. The molecule has 1 aromatic heterocycles. The molecule has 4 aromatic rings. The first-order valence-electron chi connectivity index (χ1n) is 12.5. The summed E-state index contributed by atoms with van der Waals surface area (Å²) in [5, 5.41) is 0. The minimum Gasteiger partial charge on any atom is -0.481 e. The summed E-state index contributed by atoms with van der Waals surface area (Å²) >= 11 is 1.37. The maximum atomic E-state index is 14.0. The number of para-hydroxylation sites is 1. The van der Waals surface area contributed by atoms with Crippen LogP contribution in [0.15, 0.2) is 88.2 Å². The molecule has 2 heterocycles. The second-order valence-corrected chi connectivity index (χ2v) is 10.4. The van der Waals surface area contributed by atoms with Crippen LogP contribution in [-0.4, -0.2) is 24.3 Å². The summed E-state index contributed by atoms with van der Waals surface area (Å²) in [6.45, 7) is 1.86. The molecule has 0 N–H and O–H groups in total. The fourth-order valence-electron chi connectivity index (χ4n) is 5.14. The number of thiazole rings is 1. The number of methoxy groups -OCH3 is 1. The van der Waals surface area contributed by atoms with Crippen LogP contribution in [0.4, 0.5) is 0 Å². The van der Waals surface area contributed by atoms with Gasteiger partial charge in [-0.1, -0.05) is 83.6 Å². The number of fused-ring (bicyclic) bond motifs is 3. The van der Waals surface area contributed by atoms with Crippen molar-refractivity contribution in [2.75, 3.05) is 13.7 Å². The highest BCUT2D eigenvalue weighted by Crippen LogP contribution is 2.41. The fourth-order valence-corrected chi connectivity index (χ4v) is 6.13. The fraction of sp³-hybridized carbons (Fsp3) is 0.194. The van der Waals surface area contributed by atoms with E-state index in [1.54, 1.807) is 6.07 Å². The van der Waals surface area contributed by atoms with Gasteiger partial charge in [0, 0.05) is 11.1 Å². The monoisotopic (exact) mass is 522 g/mol. The first-order chi connectivity index (χ1) is 18.5. The van der Waals surface area contributed by atoms with Crippen LogP contribution in [0, 0.1) is 6.92 Å². The van der Waals surface area contributed by atoms with E-state index >= 15 is 0 Å². The van der Waals surface area contributed by atoms with Gasteiger partial charge in [-0.2, -0.15) is 0 Å². The van der Waals surface area contributed by atoms with E-state index in [4.69, 9.17) is 14.5 Å². The van der Waals surface area contributed by atoms with E-state index in [2.05, 4.69) is 49.4 Å². The van der Waals surface area contributed by atoms with Gasteiger partial charge in [0.05, 0.1) is 23.4 Å². The molecule has 0 saturated heterocycles. The van der Waals surface area contributed by atoms with Gasteiger partial charge in [-0.25, -0.2) is 9.79 Å². The predicted octanol–water partition coefficient (Wildman–Crippen LogP) is 4.18. The summed E-state index contributed by atoms with van der Waals surface area (Å²) in [6.07, 6.45) is 3.59. The first kappa shape index (κ1) is 24.1. The van der Waals surface area contributed by atoms with Crippen molar-refractivity contribution in [1.29, 1.82) is 0 Å². The van der Waals surface area contributed by atoms with Gasteiger partial charge in [0.25, 0.3) is 5.56 Å². The summed E-state index contributed by atoms with van der Waals surface area (Å²) in [5.74, 6) is 0.0372. The lowest BCUT2D eigenvalue weighted by Crippen LogP contribution is -2.38. The van der Waals surface area contributed by atoms with Gasteiger partial charge in [0.2, 0.25) is 0 Å². The van der Waals surface area contributed by atoms with Crippen molar-refractivity contribution >= 4 is 29.1 Å². The normalized spacial score (nSPS) is 16.3. The van der Waals surface area contributed by atoms with Gasteiger partial charge in [0.15, 0.2) is 11.4 Å². The molecule has 7 heteroatoms. The lowest BCUT2D eigenvalue weighted by Gasteiger charge is -2.30. The Morgan fingerprint density at radius 2 is 1.82 bits per heavy atom. The number of rotatable bonds is 5. The average molecular weight is 523 g/mol. The zero-order valence-corrected chi connectivity index (χ0v) is 22.0. The number of hydrogen-bond donors (Lipinski definition) is 0. The Bertz CT molecular complexity index is 1760. The lowest BCUT2D eigenvalue weighted by molar-refractivity contribution is -0.142. The third-order valence-corrected chi connectivity index (χ3v) is 8.03. The number of benzene rings is 3. The van der Waals surface area contributed by atoms with Crippen LogP contribution in [0.25, 0.3) is 11.8 Å². The summed E-state index contributed by atoms with van der Waals surface area (Å²) < 4.78 is 12.8. The summed E-state index contributed by atoms with van der Waals surface area (Å²) in [7, 11) is 1.32. The molecule has 1 unspecified atom stereocenters. The summed E-state index contributed by atoms with van der Waals surface area (Å²) in [4.78, 5) is 31.3. The molecule has 0 radical (unpaired) electrons. The van der Waals surface area contributed by atoms with E-state index in [1.165, 1.54) is 35.1 Å². The summed E-state index contributed by atoms with van der Waals surface area (Å²) in [5.41, 5.74) is 7.45. The van der Waals surface area contributed by atoms with Crippen LogP contribution in [-0.2, 0) is 16.0 Å². The molecule has 38 heavy (non-hydrogen) atoms. The highest BCUT2D eigenvalue weighted by molar-refractivity contribution is 7.07. The number of aromatic nitrogens is 1. The average Bonchev–Trinajstić information content (AvgIpc) is 3.26. The quantitative estimate of drug-likeness (QED) is 0.369. The molecular formula is C31H26N2O4S. The number of hydrogen-bond acceptors (Lipinski definition) is 6. The molecule has 0 spiro atoms. The van der Waals surface area contributed by atoms with Gasteiger partial charge >= 0.3 is 5.97 Å². The van der Waals surface area contributed by atoms with E-state index in [0.29, 0.717) is 20.6 Å². The minimum absolute atomic E-state index is 0.0903. The van der Waals surface area contributed by atoms with Crippen LogP contribution in [0.3, 0.4) is 0 Å². The van der Waals surface area contributed by atoms with Crippen LogP contribution < -0.4 is 19.6 Å². The Balaban J connectivity index is 1.53. The number of esters is 1. The molecule has 6 nitrogen and oxygen atoms in total. The van der Waals surface area contributed by atoms with Crippen LogP contribution >= 0.6 is 11.3 Å². The number of allylic oxidation sites excluding steroid dienone is 1. The Kier molecular flexibility index (Phi) is 6.29. The minimum atomic E-state index is -0.469. The van der Waals surface area contributed by atoms with Crippen molar-refractivity contribution in [3.8, 4) is 5.75 Å². The first-order valence-corrected chi connectivity index (χ1v) is 13.3. The van der Waals surface area contributed by atoms with E-state index in [-0.39, 0.29) is 18.2 Å². The number of nitrogens with zero attached hydrogens (tertiary/aromatic N) is 2. The maximum Gasteiger partial charge on any atom is 0.343 e. The van der Waals surface area contributed by atoms with E-state index in [9.17, 15) is 9.59 Å². The van der Waals surface area contributed by atoms with Gasteiger partial charge < -0.3 is 9.47 Å². The topological polar surface area (TPSA) is 69.9 Å². The standard InChI is InChI=1S/C31H26N2O4S/c1-19-11-13-21(14-12-19)29-24-16-15-20-7-3-5-9-23(20)28(24)32-31-33(29)30(35)26(38-31)17-22-8-4-6-10-25(22)37-18-27(34)36-2/h3-14,17,29H,15-16,18H2,1-2H3. The lowest BCUT2D eigenvalue weighted by atomic mass is 9.83. The van der Waals surface area contributed by atoms with Crippen LogP contribution in [0.2, 0.25) is 0 Å². The van der Waals surface area contributed by atoms with E-state index in [0.717, 1.165) is 29.7 Å². The third kappa shape index (κ3) is 4.29. The molecule has 0 bridgehead atoms. The van der Waals surface area contributed by atoms with Gasteiger partial charge in [0.1, 0.15) is 5.75 Å². The molecule has 1 aliphatic carbocycles. The molecule has 0 amide bonds. The Morgan fingerprint density at radius 3 is 2.63 bits per heavy atom. The second-order valence-electron chi connectivity index (χ2n) is 9.43. The molecule has 190 valence electrons.